The van der Waals surface area contributed by atoms with Crippen molar-refractivity contribution in [1.29, 1.82) is 0 Å². The number of hydrogen-bond donors (Lipinski definition) is 0. The van der Waals surface area contributed by atoms with Gasteiger partial charge in [-0.1, -0.05) is 172 Å². The maximum Gasteiger partial charge on any atom is 0.0503 e. The minimum Gasteiger partial charge on any atom is -0.384 e. The van der Waals surface area contributed by atoms with Crippen molar-refractivity contribution in [1.82, 2.24) is 34.3 Å². The number of likely N-dealkylation sites (tertiary alicyclic amines) is 7. The van der Waals surface area contributed by atoms with Crippen molar-refractivity contribution >= 4 is 0 Å². The van der Waals surface area contributed by atoms with Gasteiger partial charge in [0.15, 0.2) is 0 Å². The van der Waals surface area contributed by atoms with Crippen LogP contribution >= 0.6 is 0 Å². The summed E-state index contributed by atoms with van der Waals surface area (Å²) < 4.78 is 5.32. The van der Waals surface area contributed by atoms with Crippen LogP contribution in [0.3, 0.4) is 0 Å². The molecule has 0 aromatic heterocycles. The van der Waals surface area contributed by atoms with E-state index in [1.54, 1.807) is 0 Å². The average Bonchev–Trinajstić information content (AvgIpc) is 1.74. The second kappa shape index (κ2) is 38.1. The SMILES string of the molecule is CC(C)[C@@H]1CC2CCCC2N1C(C)C.CC1CC[C@@H](C(C)(C)C)N1C(C)(C)C.CC1C[C@@H](C(C)(C)C)N(C(C)(C)C)C1.CC1C[C@@H](C(C)C)N(C(C)C)C1C.CCC1CC[C@@H](C(C)(C)C)N1C(C)(C)C.CCC1C[C@@H](C(C)(C)C)N(C(C)(C)C)C1.COCC1C[C@@H](C(C)(C)C)N(C(C)(C)C)C1. The fraction of sp³-hybridized carbons (Fsp3) is 1.00. The summed E-state index contributed by atoms with van der Waals surface area (Å²) in [5.41, 5.74) is 3.55. The topological polar surface area (TPSA) is 31.9 Å². The van der Waals surface area contributed by atoms with Crippen LogP contribution in [-0.2, 0) is 4.74 Å². The first-order valence-corrected chi connectivity index (χ1v) is 43.2. The van der Waals surface area contributed by atoms with Gasteiger partial charge in [-0.05, 0) is 291 Å². The number of fused-ring (bicyclic) bond motifs is 1. The summed E-state index contributed by atoms with van der Waals surface area (Å²) >= 11 is 0. The van der Waals surface area contributed by atoms with Gasteiger partial charge in [-0.25, -0.2) is 0 Å². The summed E-state index contributed by atoms with van der Waals surface area (Å²) in [6.07, 6.45) is 19.4. The molecule has 0 radical (unpaired) electrons. The minimum atomic E-state index is 0.264. The average molecular weight is 1420 g/mol. The maximum absolute atomic E-state index is 5.32. The highest BCUT2D eigenvalue weighted by atomic mass is 16.5. The minimum absolute atomic E-state index is 0.264. The van der Waals surface area contributed by atoms with Gasteiger partial charge < -0.3 is 4.74 Å². The Bertz CT molecular complexity index is 2190. The predicted molar refractivity (Wildman–Crippen MR) is 453 cm³/mol. The summed E-state index contributed by atoms with van der Waals surface area (Å²) in [6, 6.07) is 10.0. The van der Waals surface area contributed by atoms with Gasteiger partial charge in [0.05, 0.1) is 6.61 Å². The molecule has 8 aliphatic rings. The first kappa shape index (κ1) is 96.8. The molecule has 9 unspecified atom stereocenters. The number of ether oxygens (including phenoxy) is 1. The zero-order chi connectivity index (χ0) is 79.0. The highest BCUT2D eigenvalue weighted by Crippen LogP contribution is 2.47. The molecular weight excluding hydrogens is 1230 g/mol. The third-order valence-electron chi connectivity index (χ3n) is 26.0. The Kier molecular flexibility index (Phi) is 36.5. The van der Waals surface area contributed by atoms with Crippen molar-refractivity contribution in [2.24, 2.45) is 68.5 Å². The van der Waals surface area contributed by atoms with Gasteiger partial charge in [0.25, 0.3) is 0 Å². The van der Waals surface area contributed by atoms with Crippen LogP contribution in [-0.4, -0.2) is 174 Å². The Morgan fingerprint density at radius 1 is 0.366 bits per heavy atom. The van der Waals surface area contributed by atoms with E-state index in [2.05, 4.69) is 339 Å². The smallest absolute Gasteiger partial charge is 0.0503 e. The summed E-state index contributed by atoms with van der Waals surface area (Å²) in [5, 5.41) is 0. The van der Waals surface area contributed by atoms with Gasteiger partial charge in [-0.15, -0.1) is 0 Å². The van der Waals surface area contributed by atoms with E-state index < -0.39 is 0 Å². The molecule has 7 saturated heterocycles. The molecule has 8 rings (SSSR count). The Morgan fingerprint density at radius 3 is 1.07 bits per heavy atom. The molecule has 101 heavy (non-hydrogen) atoms. The van der Waals surface area contributed by atoms with Gasteiger partial charge in [0.2, 0.25) is 0 Å². The van der Waals surface area contributed by atoms with Crippen molar-refractivity contribution in [2.75, 3.05) is 33.4 Å². The molecule has 16 atom stereocenters. The third-order valence-corrected chi connectivity index (χ3v) is 26.0. The molecule has 7 heterocycles. The van der Waals surface area contributed by atoms with Crippen molar-refractivity contribution in [2.45, 2.75) is 501 Å². The lowest BCUT2D eigenvalue weighted by Gasteiger charge is -2.46. The van der Waals surface area contributed by atoms with E-state index in [9.17, 15) is 0 Å². The van der Waals surface area contributed by atoms with E-state index in [1.165, 1.54) is 110 Å². The van der Waals surface area contributed by atoms with Gasteiger partial charge >= 0.3 is 0 Å². The fourth-order valence-corrected chi connectivity index (χ4v) is 20.9. The number of nitrogens with zero attached hydrogens (tertiary/aromatic N) is 7. The van der Waals surface area contributed by atoms with Crippen LogP contribution in [0.1, 0.15) is 395 Å². The van der Waals surface area contributed by atoms with Crippen LogP contribution in [0.5, 0.6) is 0 Å². The molecule has 1 saturated carbocycles. The van der Waals surface area contributed by atoms with Crippen molar-refractivity contribution < 1.29 is 4.74 Å². The molecule has 0 bridgehead atoms. The van der Waals surface area contributed by atoms with E-state index in [0.29, 0.717) is 67.2 Å². The molecule has 0 amide bonds. The first-order valence-electron chi connectivity index (χ1n) is 43.2. The molecule has 0 aromatic rings. The zero-order valence-corrected chi connectivity index (χ0v) is 77.8. The summed E-state index contributed by atoms with van der Waals surface area (Å²) in [7, 11) is 1.81. The molecule has 604 valence electrons. The van der Waals surface area contributed by atoms with Gasteiger partial charge in [0.1, 0.15) is 0 Å². The van der Waals surface area contributed by atoms with Crippen molar-refractivity contribution in [3.05, 3.63) is 0 Å². The quantitative estimate of drug-likeness (QED) is 0.238. The van der Waals surface area contributed by atoms with Gasteiger partial charge in [0, 0.05) is 133 Å². The normalized spacial score (nSPS) is 32.0. The predicted octanol–water partition coefficient (Wildman–Crippen LogP) is 24.8. The Labute approximate surface area is 638 Å². The van der Waals surface area contributed by atoms with Gasteiger partial charge in [-0.3, -0.25) is 34.3 Å². The maximum atomic E-state index is 5.32. The number of methoxy groups -OCH3 is 1. The van der Waals surface area contributed by atoms with Crippen LogP contribution in [0.15, 0.2) is 0 Å². The van der Waals surface area contributed by atoms with Crippen LogP contribution in [0.25, 0.3) is 0 Å². The lowest BCUT2D eigenvalue weighted by molar-refractivity contribution is 0.0243. The molecule has 7 aliphatic heterocycles. The van der Waals surface area contributed by atoms with E-state index in [-0.39, 0.29) is 5.54 Å². The molecule has 8 heteroatoms. The Hall–Kier alpha value is -0.320. The molecule has 0 aromatic carbocycles. The first-order chi connectivity index (χ1) is 45.3. The van der Waals surface area contributed by atoms with E-state index in [4.69, 9.17) is 4.74 Å². The zero-order valence-electron chi connectivity index (χ0n) is 77.8. The van der Waals surface area contributed by atoms with Crippen LogP contribution in [0, 0.1) is 68.5 Å². The fourth-order valence-electron chi connectivity index (χ4n) is 20.9. The Morgan fingerprint density at radius 2 is 0.743 bits per heavy atom. The molecule has 8 nitrogen and oxygen atoms in total. The number of rotatable bonds is 8. The highest BCUT2D eigenvalue weighted by molar-refractivity contribution is 5.04. The van der Waals surface area contributed by atoms with E-state index >= 15 is 0 Å². The molecule has 0 N–H and O–H groups in total. The monoisotopic (exact) mass is 1420 g/mol. The lowest BCUT2D eigenvalue weighted by Crippen LogP contribution is -2.52. The second-order valence-electron chi connectivity index (χ2n) is 46.7. The highest BCUT2D eigenvalue weighted by Gasteiger charge is 2.49. The molecule has 1 aliphatic carbocycles. The standard InChI is InChI=1S/C14H29NO.2C14H29N.C13H25N.2C13H27N.C12H25N/c1-13(2,3)12-8-11(10-16-7)9-15(12)14(4,5)6;1-8-11-9-12(13(2,3)4)15(10-11)14(5,6)7;1-8-11-9-10-12(13(2,3)4)15(11)14(5,6)7;1-9(2)13-8-11-6-5-7-12(11)14(13)10(3)4;1-10-8-11(12(2,3)4)14(9-10)13(5,6)7;1-10-8-9-11(12(2,3)4)14(10)13(5,6)7;1-8(2)12-7-10(5)11(6)13(12)9(3)4/h11-12H,8-10H2,1-7H3;2*11-12H,8-10H2,1-7H3;9-13H,5-8H2,1-4H3;2*10-11H,8-9H2,1-7H3;8-12H,7H2,1-6H3/t3*11?,12-;11?,12?,13-;2*10?,11-;10?,11?,12-/m0000000/s1. The van der Waals surface area contributed by atoms with E-state index in [0.717, 1.165) is 109 Å². The largest absolute Gasteiger partial charge is 0.384 e. The van der Waals surface area contributed by atoms with Crippen LogP contribution < -0.4 is 0 Å². The van der Waals surface area contributed by atoms with E-state index in [1.807, 2.05) is 7.11 Å². The van der Waals surface area contributed by atoms with Crippen molar-refractivity contribution in [3.63, 3.8) is 0 Å². The molecular formula is C93H191N7O. The molecule has 0 spiro atoms. The second-order valence-corrected chi connectivity index (χ2v) is 46.7. The van der Waals surface area contributed by atoms with Crippen molar-refractivity contribution in [3.8, 4) is 0 Å². The molecule has 8 fully saturated rings. The summed E-state index contributed by atoms with van der Waals surface area (Å²) in [5.74, 6) is 6.01. The summed E-state index contributed by atoms with van der Waals surface area (Å²) in [4.78, 5) is 19.1. The summed E-state index contributed by atoms with van der Waals surface area (Å²) in [6.45, 7) is 108. The third kappa shape index (κ3) is 28.5. The van der Waals surface area contributed by atoms with Crippen LogP contribution in [0.4, 0.5) is 0 Å². The number of hydrogen-bond acceptors (Lipinski definition) is 8. The van der Waals surface area contributed by atoms with Crippen LogP contribution in [0.2, 0.25) is 0 Å². The Balaban J connectivity index is 0.000000401. The lowest BCUT2D eigenvalue weighted by atomic mass is 9.82. The van der Waals surface area contributed by atoms with Gasteiger partial charge in [-0.2, -0.15) is 0 Å².